The Morgan fingerprint density at radius 1 is 1.19 bits per heavy atom. The standard InChI is InChI=1S/C22H28N6O3/c1-5-23-22(28(2)15-16-9-10-17(29-3)14-19(16)30-4)25-13-11-20-26-21(31-27-20)18-8-6-7-12-24-18/h6-10,12,14H,5,11,13,15H2,1-4H3,(H,23,25). The first kappa shape index (κ1) is 22.1. The lowest BCUT2D eigenvalue weighted by molar-refractivity contribution is 0.382. The molecule has 0 atom stereocenters. The van der Waals surface area contributed by atoms with Crippen molar-refractivity contribution in [2.24, 2.45) is 4.99 Å². The predicted molar refractivity (Wildman–Crippen MR) is 118 cm³/mol. The van der Waals surface area contributed by atoms with Gasteiger partial charge in [-0.2, -0.15) is 4.98 Å². The summed E-state index contributed by atoms with van der Waals surface area (Å²) in [5, 5.41) is 7.35. The molecule has 3 aromatic rings. The van der Waals surface area contributed by atoms with Gasteiger partial charge in [-0.1, -0.05) is 11.2 Å². The van der Waals surface area contributed by atoms with Gasteiger partial charge in [-0.25, -0.2) is 0 Å². The summed E-state index contributed by atoms with van der Waals surface area (Å²) in [6.07, 6.45) is 2.25. The zero-order chi connectivity index (χ0) is 22.1. The van der Waals surface area contributed by atoms with Crippen molar-refractivity contribution < 1.29 is 14.0 Å². The van der Waals surface area contributed by atoms with Crippen molar-refractivity contribution in [2.75, 3.05) is 34.4 Å². The van der Waals surface area contributed by atoms with Gasteiger partial charge >= 0.3 is 0 Å². The number of guanidine groups is 1. The van der Waals surface area contributed by atoms with Crippen LogP contribution in [0, 0.1) is 0 Å². The molecule has 1 N–H and O–H groups in total. The van der Waals surface area contributed by atoms with Crippen LogP contribution in [0.3, 0.4) is 0 Å². The van der Waals surface area contributed by atoms with Crippen molar-refractivity contribution in [1.29, 1.82) is 0 Å². The lowest BCUT2D eigenvalue weighted by atomic mass is 10.2. The molecule has 0 fully saturated rings. The molecule has 1 aromatic carbocycles. The Labute approximate surface area is 182 Å². The van der Waals surface area contributed by atoms with Gasteiger partial charge in [0.1, 0.15) is 17.2 Å². The third kappa shape index (κ3) is 5.94. The van der Waals surface area contributed by atoms with Gasteiger partial charge in [0.2, 0.25) is 0 Å². The molecule has 0 unspecified atom stereocenters. The lowest BCUT2D eigenvalue weighted by Crippen LogP contribution is -2.38. The van der Waals surface area contributed by atoms with Crippen molar-refractivity contribution in [1.82, 2.24) is 25.3 Å². The number of aliphatic imine (C=N–C) groups is 1. The van der Waals surface area contributed by atoms with Gasteiger partial charge in [0.15, 0.2) is 11.8 Å². The topological polar surface area (TPSA) is 97.9 Å². The average molecular weight is 425 g/mol. The Hall–Kier alpha value is -3.62. The van der Waals surface area contributed by atoms with Crippen LogP contribution in [0.25, 0.3) is 11.6 Å². The highest BCUT2D eigenvalue weighted by molar-refractivity contribution is 5.79. The van der Waals surface area contributed by atoms with E-state index in [0.29, 0.717) is 36.9 Å². The zero-order valence-electron chi connectivity index (χ0n) is 18.3. The van der Waals surface area contributed by atoms with Crippen LogP contribution in [0.1, 0.15) is 18.3 Å². The van der Waals surface area contributed by atoms with Crippen LogP contribution in [-0.2, 0) is 13.0 Å². The molecular weight excluding hydrogens is 396 g/mol. The number of rotatable bonds is 9. The molecular formula is C22H28N6O3. The number of benzene rings is 1. The molecule has 0 spiro atoms. The Morgan fingerprint density at radius 2 is 2.06 bits per heavy atom. The Balaban J connectivity index is 1.64. The largest absolute Gasteiger partial charge is 0.497 e. The summed E-state index contributed by atoms with van der Waals surface area (Å²) in [5.74, 6) is 3.33. The van der Waals surface area contributed by atoms with Crippen LogP contribution < -0.4 is 14.8 Å². The zero-order valence-corrected chi connectivity index (χ0v) is 18.3. The Kier molecular flexibility index (Phi) is 7.80. The highest BCUT2D eigenvalue weighted by Gasteiger charge is 2.12. The molecule has 31 heavy (non-hydrogen) atoms. The Morgan fingerprint density at radius 3 is 2.77 bits per heavy atom. The second-order valence-electron chi connectivity index (χ2n) is 6.75. The van der Waals surface area contributed by atoms with E-state index in [2.05, 4.69) is 20.4 Å². The maximum atomic E-state index is 5.51. The van der Waals surface area contributed by atoms with Crippen molar-refractivity contribution in [3.05, 3.63) is 54.0 Å². The fourth-order valence-corrected chi connectivity index (χ4v) is 2.99. The van der Waals surface area contributed by atoms with Gasteiger partial charge in [0, 0.05) is 50.9 Å². The minimum Gasteiger partial charge on any atom is -0.497 e. The first-order valence-electron chi connectivity index (χ1n) is 10.1. The number of hydrogen-bond donors (Lipinski definition) is 1. The quantitative estimate of drug-likeness (QED) is 0.414. The fourth-order valence-electron chi connectivity index (χ4n) is 2.99. The number of pyridine rings is 1. The van der Waals surface area contributed by atoms with E-state index < -0.39 is 0 Å². The van der Waals surface area contributed by atoms with E-state index in [0.717, 1.165) is 29.6 Å². The third-order valence-corrected chi connectivity index (χ3v) is 4.55. The van der Waals surface area contributed by atoms with E-state index in [1.54, 1.807) is 20.4 Å². The second-order valence-corrected chi connectivity index (χ2v) is 6.75. The first-order valence-corrected chi connectivity index (χ1v) is 10.1. The molecule has 0 saturated carbocycles. The lowest BCUT2D eigenvalue weighted by Gasteiger charge is -2.23. The number of nitrogens with one attached hydrogen (secondary N) is 1. The van der Waals surface area contributed by atoms with Crippen LogP contribution >= 0.6 is 0 Å². The number of methoxy groups -OCH3 is 2. The maximum Gasteiger partial charge on any atom is 0.276 e. The van der Waals surface area contributed by atoms with Gasteiger partial charge in [0.05, 0.1) is 14.2 Å². The molecule has 0 amide bonds. The van der Waals surface area contributed by atoms with Crippen LogP contribution in [0.15, 0.2) is 52.1 Å². The number of nitrogens with zero attached hydrogens (tertiary/aromatic N) is 5. The van der Waals surface area contributed by atoms with Gasteiger partial charge in [-0.05, 0) is 31.2 Å². The third-order valence-electron chi connectivity index (χ3n) is 4.55. The fraction of sp³-hybridized carbons (Fsp3) is 0.364. The van der Waals surface area contributed by atoms with E-state index >= 15 is 0 Å². The summed E-state index contributed by atoms with van der Waals surface area (Å²) in [7, 11) is 5.28. The molecule has 9 heteroatoms. The summed E-state index contributed by atoms with van der Waals surface area (Å²) in [4.78, 5) is 15.4. The predicted octanol–water partition coefficient (Wildman–Crippen LogP) is 2.79. The Bertz CT molecular complexity index is 990. The normalized spacial score (nSPS) is 11.3. The van der Waals surface area contributed by atoms with Gasteiger partial charge in [-0.3, -0.25) is 9.98 Å². The highest BCUT2D eigenvalue weighted by atomic mass is 16.5. The smallest absolute Gasteiger partial charge is 0.276 e. The van der Waals surface area contributed by atoms with Crippen LogP contribution in [0.2, 0.25) is 0 Å². The number of hydrogen-bond acceptors (Lipinski definition) is 7. The molecule has 0 aliphatic heterocycles. The second kappa shape index (κ2) is 11.0. The van der Waals surface area contributed by atoms with E-state index in [-0.39, 0.29) is 0 Å². The molecule has 3 rings (SSSR count). The van der Waals surface area contributed by atoms with Crippen molar-refractivity contribution in [3.63, 3.8) is 0 Å². The minimum absolute atomic E-state index is 0.412. The molecule has 0 radical (unpaired) electrons. The summed E-state index contributed by atoms with van der Waals surface area (Å²) in [5.41, 5.74) is 1.70. The summed E-state index contributed by atoms with van der Waals surface area (Å²) in [6.45, 7) is 3.95. The minimum atomic E-state index is 0.412. The van der Waals surface area contributed by atoms with E-state index in [9.17, 15) is 0 Å². The van der Waals surface area contributed by atoms with Crippen molar-refractivity contribution in [2.45, 2.75) is 19.9 Å². The number of ether oxygens (including phenoxy) is 2. The molecule has 2 heterocycles. The molecule has 164 valence electrons. The first-order chi connectivity index (χ1) is 15.1. The molecule has 2 aromatic heterocycles. The SMILES string of the molecule is CCNC(=NCCc1noc(-c2ccccn2)n1)N(C)Cc1ccc(OC)cc1OC. The molecule has 0 aliphatic rings. The summed E-state index contributed by atoms with van der Waals surface area (Å²) < 4.78 is 16.1. The van der Waals surface area contributed by atoms with E-state index in [1.807, 2.05) is 55.3 Å². The van der Waals surface area contributed by atoms with Crippen molar-refractivity contribution >= 4 is 5.96 Å². The van der Waals surface area contributed by atoms with Crippen LogP contribution in [0.5, 0.6) is 11.5 Å². The van der Waals surface area contributed by atoms with E-state index in [4.69, 9.17) is 19.0 Å². The van der Waals surface area contributed by atoms with E-state index in [1.165, 1.54) is 0 Å². The molecule has 0 bridgehead atoms. The maximum absolute atomic E-state index is 5.51. The van der Waals surface area contributed by atoms with Gasteiger partial charge in [-0.15, -0.1) is 0 Å². The summed E-state index contributed by atoms with van der Waals surface area (Å²) in [6, 6.07) is 11.4. The van der Waals surface area contributed by atoms with Gasteiger partial charge < -0.3 is 24.2 Å². The van der Waals surface area contributed by atoms with Crippen molar-refractivity contribution in [3.8, 4) is 23.1 Å². The molecule has 0 saturated heterocycles. The summed E-state index contributed by atoms with van der Waals surface area (Å²) >= 11 is 0. The molecule has 9 nitrogen and oxygen atoms in total. The highest BCUT2D eigenvalue weighted by Crippen LogP contribution is 2.25. The van der Waals surface area contributed by atoms with Crippen LogP contribution in [-0.4, -0.2) is 60.3 Å². The molecule has 0 aliphatic carbocycles. The van der Waals surface area contributed by atoms with Crippen LogP contribution in [0.4, 0.5) is 0 Å². The number of aromatic nitrogens is 3. The van der Waals surface area contributed by atoms with Gasteiger partial charge in [0.25, 0.3) is 5.89 Å². The average Bonchev–Trinajstić information content (AvgIpc) is 3.28. The monoisotopic (exact) mass is 424 g/mol.